The quantitative estimate of drug-likeness (QED) is 0.527. The van der Waals surface area contributed by atoms with Crippen LogP contribution in [0.15, 0.2) is 53.5 Å². The van der Waals surface area contributed by atoms with Crippen LogP contribution in [0.1, 0.15) is 19.4 Å². The summed E-state index contributed by atoms with van der Waals surface area (Å²) in [6, 6.07) is 14.0. The average Bonchev–Trinajstić information content (AvgIpc) is 2.66. The van der Waals surface area contributed by atoms with E-state index in [0.717, 1.165) is 17.0 Å². The average molecular weight is 400 g/mol. The third-order valence-electron chi connectivity index (χ3n) is 3.96. The Kier molecular flexibility index (Phi) is 8.45. The third kappa shape index (κ3) is 8.21. The molecule has 0 aromatic heterocycles. The zero-order valence-corrected chi connectivity index (χ0v) is 17.4. The van der Waals surface area contributed by atoms with Crippen LogP contribution in [0.25, 0.3) is 0 Å². The molecule has 0 aliphatic carbocycles. The summed E-state index contributed by atoms with van der Waals surface area (Å²) in [5.41, 5.74) is 1.70. The van der Waals surface area contributed by atoms with Crippen molar-refractivity contribution in [2.75, 3.05) is 32.5 Å². The lowest BCUT2D eigenvalue weighted by atomic mass is 10.1. The van der Waals surface area contributed by atoms with Crippen molar-refractivity contribution in [2.24, 2.45) is 4.99 Å². The molecular weight excluding hydrogens is 371 g/mol. The molecule has 0 aliphatic rings. The van der Waals surface area contributed by atoms with E-state index in [9.17, 15) is 9.18 Å². The van der Waals surface area contributed by atoms with Gasteiger partial charge in [-0.15, -0.1) is 0 Å². The number of rotatable bonds is 8. The molecule has 0 aliphatic heterocycles. The lowest BCUT2D eigenvalue weighted by Crippen LogP contribution is -2.34. The molecule has 0 unspecified atom stereocenters. The van der Waals surface area contributed by atoms with Gasteiger partial charge >= 0.3 is 0 Å². The Labute approximate surface area is 171 Å². The molecule has 0 bridgehead atoms. The molecule has 156 valence electrons. The number of nitrogens with zero attached hydrogens (tertiary/aromatic N) is 2. The van der Waals surface area contributed by atoms with Crippen molar-refractivity contribution in [3.8, 4) is 5.75 Å². The van der Waals surface area contributed by atoms with Crippen LogP contribution in [0.3, 0.4) is 0 Å². The number of hydrogen-bond donors (Lipinski definition) is 2. The monoisotopic (exact) mass is 400 g/mol. The van der Waals surface area contributed by atoms with Gasteiger partial charge in [0.15, 0.2) is 5.96 Å². The molecule has 6 nitrogen and oxygen atoms in total. The van der Waals surface area contributed by atoms with Crippen LogP contribution in [-0.2, 0) is 11.2 Å². The van der Waals surface area contributed by atoms with Crippen molar-refractivity contribution < 1.29 is 13.9 Å². The summed E-state index contributed by atoms with van der Waals surface area (Å²) in [5, 5.41) is 6.38. The van der Waals surface area contributed by atoms with Gasteiger partial charge in [-0.1, -0.05) is 12.1 Å². The van der Waals surface area contributed by atoms with E-state index in [1.165, 1.54) is 17.0 Å². The number of carbonyl (C=O) groups is 1. The summed E-state index contributed by atoms with van der Waals surface area (Å²) in [6.45, 7) is 4.51. The van der Waals surface area contributed by atoms with Crippen molar-refractivity contribution in [1.82, 2.24) is 10.2 Å². The summed E-state index contributed by atoms with van der Waals surface area (Å²) >= 11 is 0. The van der Waals surface area contributed by atoms with E-state index in [1.807, 2.05) is 44.2 Å². The van der Waals surface area contributed by atoms with Crippen molar-refractivity contribution in [3.05, 3.63) is 59.9 Å². The summed E-state index contributed by atoms with van der Waals surface area (Å²) < 4.78 is 19.0. The zero-order valence-electron chi connectivity index (χ0n) is 17.4. The lowest BCUT2D eigenvalue weighted by Gasteiger charge is -2.15. The second kappa shape index (κ2) is 11.0. The highest BCUT2D eigenvalue weighted by molar-refractivity contribution is 5.95. The van der Waals surface area contributed by atoms with Gasteiger partial charge in [0, 0.05) is 26.3 Å². The first-order valence-electron chi connectivity index (χ1n) is 9.60. The van der Waals surface area contributed by atoms with Crippen LogP contribution in [0.2, 0.25) is 0 Å². The number of amides is 1. The lowest BCUT2D eigenvalue weighted by molar-refractivity contribution is -0.127. The first kappa shape index (κ1) is 22.2. The number of ether oxygens (including phenoxy) is 1. The Morgan fingerprint density at radius 1 is 1.17 bits per heavy atom. The van der Waals surface area contributed by atoms with E-state index in [1.54, 1.807) is 20.2 Å². The Morgan fingerprint density at radius 3 is 2.52 bits per heavy atom. The van der Waals surface area contributed by atoms with Gasteiger partial charge in [-0.05, 0) is 62.2 Å². The minimum Gasteiger partial charge on any atom is -0.491 e. The smallest absolute Gasteiger partial charge is 0.243 e. The molecule has 0 fully saturated rings. The number of anilines is 1. The molecule has 2 aromatic rings. The normalized spacial score (nSPS) is 11.3. The maximum absolute atomic E-state index is 13.3. The van der Waals surface area contributed by atoms with E-state index in [0.29, 0.717) is 18.9 Å². The summed E-state index contributed by atoms with van der Waals surface area (Å²) in [6.07, 6.45) is 0.730. The van der Waals surface area contributed by atoms with E-state index in [2.05, 4.69) is 15.6 Å². The number of nitrogens with one attached hydrogen (secondary N) is 2. The molecule has 2 N–H and O–H groups in total. The van der Waals surface area contributed by atoms with Gasteiger partial charge in [-0.25, -0.2) is 9.38 Å². The fourth-order valence-electron chi connectivity index (χ4n) is 2.47. The van der Waals surface area contributed by atoms with Crippen molar-refractivity contribution in [1.29, 1.82) is 0 Å². The zero-order chi connectivity index (χ0) is 21.2. The van der Waals surface area contributed by atoms with Crippen LogP contribution in [0.5, 0.6) is 5.75 Å². The number of guanidine groups is 1. The molecule has 0 saturated heterocycles. The van der Waals surface area contributed by atoms with Crippen molar-refractivity contribution >= 4 is 17.6 Å². The molecule has 0 atom stereocenters. The fourth-order valence-corrected chi connectivity index (χ4v) is 2.47. The summed E-state index contributed by atoms with van der Waals surface area (Å²) in [7, 11) is 3.38. The number of halogens is 1. The molecule has 7 heteroatoms. The second-order valence-corrected chi connectivity index (χ2v) is 7.08. The van der Waals surface area contributed by atoms with Crippen LogP contribution in [0.4, 0.5) is 10.1 Å². The predicted molar refractivity (Wildman–Crippen MR) is 115 cm³/mol. The molecule has 0 saturated carbocycles. The first-order valence-corrected chi connectivity index (χ1v) is 9.60. The Balaban J connectivity index is 2.01. The molecule has 0 radical (unpaired) electrons. The van der Waals surface area contributed by atoms with Gasteiger partial charge < -0.3 is 20.3 Å². The molecule has 1 amide bonds. The number of aliphatic imine (C=N–C) groups is 1. The first-order chi connectivity index (χ1) is 13.8. The van der Waals surface area contributed by atoms with Crippen LogP contribution < -0.4 is 15.4 Å². The highest BCUT2D eigenvalue weighted by Crippen LogP contribution is 2.16. The standard InChI is InChI=1S/C22H29FN4O2/c1-16(2)29-20-10-8-19(9-11-20)26-22(25-15-21(28)27(3)4)24-13-12-17-6-5-7-18(23)14-17/h5-11,14,16H,12-13,15H2,1-4H3,(H2,24,25,26). The van der Waals surface area contributed by atoms with Crippen LogP contribution >= 0.6 is 0 Å². The molecule has 0 heterocycles. The summed E-state index contributed by atoms with van der Waals surface area (Å²) in [4.78, 5) is 17.7. The Hall–Kier alpha value is -3.09. The molecule has 29 heavy (non-hydrogen) atoms. The van der Waals surface area contributed by atoms with Gasteiger partial charge in [0.05, 0.1) is 6.10 Å². The van der Waals surface area contributed by atoms with Gasteiger partial charge in [0.1, 0.15) is 18.1 Å². The van der Waals surface area contributed by atoms with E-state index < -0.39 is 0 Å². The highest BCUT2D eigenvalue weighted by Gasteiger charge is 2.06. The van der Waals surface area contributed by atoms with Crippen LogP contribution in [-0.4, -0.2) is 50.1 Å². The maximum atomic E-state index is 13.3. The molecular formula is C22H29FN4O2. The van der Waals surface area contributed by atoms with Gasteiger partial charge in [-0.3, -0.25) is 4.79 Å². The topological polar surface area (TPSA) is 66.0 Å². The van der Waals surface area contributed by atoms with E-state index >= 15 is 0 Å². The summed E-state index contributed by atoms with van der Waals surface area (Å²) in [5.74, 6) is 0.909. The largest absolute Gasteiger partial charge is 0.491 e. The maximum Gasteiger partial charge on any atom is 0.243 e. The number of carbonyl (C=O) groups excluding carboxylic acids is 1. The Bertz CT molecular complexity index is 820. The van der Waals surface area contributed by atoms with Crippen molar-refractivity contribution in [2.45, 2.75) is 26.4 Å². The van der Waals surface area contributed by atoms with Crippen molar-refractivity contribution in [3.63, 3.8) is 0 Å². The van der Waals surface area contributed by atoms with Gasteiger partial charge in [0.2, 0.25) is 5.91 Å². The SMILES string of the molecule is CC(C)Oc1ccc(NC(=NCC(=O)N(C)C)NCCc2cccc(F)c2)cc1. The minimum absolute atomic E-state index is 0.0246. The van der Waals surface area contributed by atoms with Crippen LogP contribution in [0, 0.1) is 5.82 Å². The number of hydrogen-bond acceptors (Lipinski definition) is 3. The highest BCUT2D eigenvalue weighted by atomic mass is 19.1. The molecule has 0 spiro atoms. The van der Waals surface area contributed by atoms with Gasteiger partial charge in [-0.2, -0.15) is 0 Å². The van der Waals surface area contributed by atoms with E-state index in [4.69, 9.17) is 4.74 Å². The van der Waals surface area contributed by atoms with Gasteiger partial charge in [0.25, 0.3) is 0 Å². The predicted octanol–water partition coefficient (Wildman–Crippen LogP) is 3.30. The van der Waals surface area contributed by atoms with E-state index in [-0.39, 0.29) is 24.4 Å². The Morgan fingerprint density at radius 2 is 1.90 bits per heavy atom. The third-order valence-corrected chi connectivity index (χ3v) is 3.96. The fraction of sp³-hybridized carbons (Fsp3) is 0.364. The molecule has 2 rings (SSSR count). The number of benzene rings is 2. The minimum atomic E-state index is -0.255. The molecule has 2 aromatic carbocycles. The number of likely N-dealkylation sites (N-methyl/N-ethyl adjacent to an activating group) is 1. The second-order valence-electron chi connectivity index (χ2n) is 7.08.